The van der Waals surface area contributed by atoms with Crippen LogP contribution in [-0.4, -0.2) is 16.9 Å². The zero-order chi connectivity index (χ0) is 10.1. The SMILES string of the molecule is CC(C)(C)c1cc(O)ccc1C=O.O. The third-order valence-corrected chi connectivity index (χ3v) is 1.97. The zero-order valence-corrected chi connectivity index (χ0v) is 8.66. The van der Waals surface area contributed by atoms with Crippen molar-refractivity contribution in [2.75, 3.05) is 0 Å². The van der Waals surface area contributed by atoms with Gasteiger partial charge < -0.3 is 10.6 Å². The summed E-state index contributed by atoms with van der Waals surface area (Å²) < 4.78 is 0. The molecule has 0 aliphatic carbocycles. The summed E-state index contributed by atoms with van der Waals surface area (Å²) in [5.74, 6) is 0.204. The van der Waals surface area contributed by atoms with Crippen LogP contribution in [0.5, 0.6) is 5.75 Å². The predicted molar refractivity (Wildman–Crippen MR) is 55.8 cm³/mol. The van der Waals surface area contributed by atoms with Crippen LogP contribution >= 0.6 is 0 Å². The first-order chi connectivity index (χ1) is 5.95. The van der Waals surface area contributed by atoms with Crippen molar-refractivity contribution in [3.05, 3.63) is 29.3 Å². The Morgan fingerprint density at radius 2 is 1.86 bits per heavy atom. The van der Waals surface area contributed by atoms with Gasteiger partial charge in [-0.05, 0) is 29.2 Å². The molecule has 78 valence electrons. The number of rotatable bonds is 1. The number of hydrogen-bond donors (Lipinski definition) is 1. The maximum atomic E-state index is 10.7. The number of hydrogen-bond acceptors (Lipinski definition) is 2. The van der Waals surface area contributed by atoms with Crippen molar-refractivity contribution in [1.29, 1.82) is 0 Å². The summed E-state index contributed by atoms with van der Waals surface area (Å²) in [5, 5.41) is 9.28. The van der Waals surface area contributed by atoms with Crippen LogP contribution < -0.4 is 0 Å². The van der Waals surface area contributed by atoms with E-state index in [0.717, 1.165) is 11.8 Å². The monoisotopic (exact) mass is 196 g/mol. The van der Waals surface area contributed by atoms with Gasteiger partial charge in [-0.25, -0.2) is 0 Å². The third kappa shape index (κ3) is 2.57. The van der Waals surface area contributed by atoms with E-state index in [1.54, 1.807) is 12.1 Å². The van der Waals surface area contributed by atoms with Gasteiger partial charge in [-0.15, -0.1) is 0 Å². The minimum atomic E-state index is -0.116. The van der Waals surface area contributed by atoms with Crippen LogP contribution in [0.4, 0.5) is 0 Å². The minimum absolute atomic E-state index is 0. The Labute approximate surface area is 83.7 Å². The van der Waals surface area contributed by atoms with E-state index in [9.17, 15) is 9.90 Å². The van der Waals surface area contributed by atoms with Crippen molar-refractivity contribution in [1.82, 2.24) is 0 Å². The zero-order valence-electron chi connectivity index (χ0n) is 8.66. The van der Waals surface area contributed by atoms with Gasteiger partial charge >= 0.3 is 0 Å². The number of benzene rings is 1. The van der Waals surface area contributed by atoms with Crippen LogP contribution in [0.15, 0.2) is 18.2 Å². The lowest BCUT2D eigenvalue weighted by Gasteiger charge is -2.20. The molecule has 0 aliphatic heterocycles. The molecular formula is C11H16O3. The molecule has 0 aromatic heterocycles. The predicted octanol–water partition coefficient (Wildman–Crippen LogP) is 1.68. The molecular weight excluding hydrogens is 180 g/mol. The lowest BCUT2D eigenvalue weighted by molar-refractivity contribution is 0.112. The van der Waals surface area contributed by atoms with E-state index < -0.39 is 0 Å². The normalized spacial score (nSPS) is 10.5. The number of phenolic OH excluding ortho intramolecular Hbond substituents is 1. The maximum Gasteiger partial charge on any atom is 0.150 e. The summed E-state index contributed by atoms with van der Waals surface area (Å²) in [6.45, 7) is 6.03. The summed E-state index contributed by atoms with van der Waals surface area (Å²) in [6.07, 6.45) is 0.819. The van der Waals surface area contributed by atoms with Gasteiger partial charge in [0.2, 0.25) is 0 Å². The van der Waals surface area contributed by atoms with E-state index in [0.29, 0.717) is 5.56 Å². The first-order valence-corrected chi connectivity index (χ1v) is 4.24. The summed E-state index contributed by atoms with van der Waals surface area (Å²) >= 11 is 0. The fraction of sp³-hybridized carbons (Fsp3) is 0.364. The molecule has 14 heavy (non-hydrogen) atoms. The highest BCUT2D eigenvalue weighted by molar-refractivity contribution is 5.78. The second-order valence-electron chi connectivity index (χ2n) is 4.14. The van der Waals surface area contributed by atoms with Crippen LogP contribution in [0.2, 0.25) is 0 Å². The molecule has 0 heterocycles. The molecule has 0 fully saturated rings. The number of carbonyl (C=O) groups excluding carboxylic acids is 1. The highest BCUT2D eigenvalue weighted by Crippen LogP contribution is 2.27. The van der Waals surface area contributed by atoms with E-state index in [2.05, 4.69) is 0 Å². The molecule has 0 amide bonds. The fourth-order valence-corrected chi connectivity index (χ4v) is 1.30. The molecule has 0 aliphatic rings. The molecule has 1 aromatic carbocycles. The van der Waals surface area contributed by atoms with E-state index in [1.807, 2.05) is 20.8 Å². The molecule has 0 bridgehead atoms. The molecule has 3 nitrogen and oxygen atoms in total. The van der Waals surface area contributed by atoms with Gasteiger partial charge in [0.1, 0.15) is 12.0 Å². The van der Waals surface area contributed by atoms with Crippen LogP contribution in [0.1, 0.15) is 36.7 Å². The maximum absolute atomic E-state index is 10.7. The standard InChI is InChI=1S/C11H14O2.H2O/c1-11(2,3)10-6-9(13)5-4-8(10)7-12;/h4-7,13H,1-3H3;1H2. The van der Waals surface area contributed by atoms with Crippen molar-refractivity contribution in [2.24, 2.45) is 0 Å². The molecule has 1 rings (SSSR count). The molecule has 1 aromatic rings. The third-order valence-electron chi connectivity index (χ3n) is 1.97. The van der Waals surface area contributed by atoms with Crippen molar-refractivity contribution in [2.45, 2.75) is 26.2 Å². The van der Waals surface area contributed by atoms with Crippen molar-refractivity contribution < 1.29 is 15.4 Å². The van der Waals surface area contributed by atoms with E-state index in [4.69, 9.17) is 0 Å². The van der Waals surface area contributed by atoms with E-state index in [1.165, 1.54) is 6.07 Å². The molecule has 0 radical (unpaired) electrons. The van der Waals surface area contributed by atoms with Gasteiger partial charge in [0.05, 0.1) is 0 Å². The molecule has 0 saturated carbocycles. The lowest BCUT2D eigenvalue weighted by Crippen LogP contribution is -2.13. The van der Waals surface area contributed by atoms with Gasteiger partial charge in [0.25, 0.3) is 0 Å². The average molecular weight is 196 g/mol. The average Bonchev–Trinajstić information content (AvgIpc) is 2.03. The first-order valence-electron chi connectivity index (χ1n) is 4.24. The van der Waals surface area contributed by atoms with Gasteiger partial charge in [-0.1, -0.05) is 20.8 Å². The van der Waals surface area contributed by atoms with Crippen molar-refractivity contribution in [3.63, 3.8) is 0 Å². The lowest BCUT2D eigenvalue weighted by atomic mass is 9.84. The van der Waals surface area contributed by atoms with Gasteiger partial charge in [-0.2, -0.15) is 0 Å². The number of aromatic hydroxyl groups is 1. The highest BCUT2D eigenvalue weighted by Gasteiger charge is 2.17. The number of phenols is 1. The van der Waals surface area contributed by atoms with Gasteiger partial charge in [0, 0.05) is 5.56 Å². The summed E-state index contributed by atoms with van der Waals surface area (Å²) in [7, 11) is 0. The molecule has 0 saturated heterocycles. The fourth-order valence-electron chi connectivity index (χ4n) is 1.30. The van der Waals surface area contributed by atoms with Crippen LogP contribution in [0.3, 0.4) is 0 Å². The van der Waals surface area contributed by atoms with E-state index in [-0.39, 0.29) is 16.6 Å². The Bertz CT molecular complexity index is 324. The second-order valence-corrected chi connectivity index (χ2v) is 4.14. The summed E-state index contributed by atoms with van der Waals surface area (Å²) in [5.41, 5.74) is 1.41. The van der Waals surface area contributed by atoms with E-state index >= 15 is 0 Å². The highest BCUT2D eigenvalue weighted by atomic mass is 16.3. The molecule has 0 unspecified atom stereocenters. The first kappa shape index (κ1) is 12.7. The molecule has 0 atom stereocenters. The van der Waals surface area contributed by atoms with Crippen LogP contribution in [-0.2, 0) is 5.41 Å². The molecule has 3 heteroatoms. The Hall–Kier alpha value is -1.35. The summed E-state index contributed by atoms with van der Waals surface area (Å²) in [4.78, 5) is 10.7. The smallest absolute Gasteiger partial charge is 0.150 e. The summed E-state index contributed by atoms with van der Waals surface area (Å²) in [6, 6.07) is 4.81. The Balaban J connectivity index is 0.00000169. The Morgan fingerprint density at radius 1 is 1.29 bits per heavy atom. The van der Waals surface area contributed by atoms with Crippen LogP contribution in [0.25, 0.3) is 0 Å². The largest absolute Gasteiger partial charge is 0.508 e. The Morgan fingerprint density at radius 3 is 2.29 bits per heavy atom. The molecule has 3 N–H and O–H groups in total. The van der Waals surface area contributed by atoms with Gasteiger partial charge in [-0.3, -0.25) is 4.79 Å². The topological polar surface area (TPSA) is 68.8 Å². The van der Waals surface area contributed by atoms with Crippen molar-refractivity contribution >= 4 is 6.29 Å². The second kappa shape index (κ2) is 4.24. The quantitative estimate of drug-likeness (QED) is 0.694. The number of aldehydes is 1. The number of carbonyl (C=O) groups is 1. The minimum Gasteiger partial charge on any atom is -0.508 e. The molecule has 0 spiro atoms. The van der Waals surface area contributed by atoms with Gasteiger partial charge in [0.15, 0.2) is 0 Å². The van der Waals surface area contributed by atoms with Crippen molar-refractivity contribution in [3.8, 4) is 5.75 Å². The van der Waals surface area contributed by atoms with Crippen LogP contribution in [0, 0.1) is 0 Å². The Kier molecular flexibility index (Phi) is 3.83.